The normalized spacial score (nSPS) is 14.7. The quantitative estimate of drug-likeness (QED) is 0.900. The number of carboxylic acid groups (broad SMARTS) is 1. The average molecular weight is 291 g/mol. The number of aromatic carboxylic acids is 1. The second-order valence-corrected chi connectivity index (χ2v) is 5.71. The fourth-order valence-corrected chi connectivity index (χ4v) is 3.31. The van der Waals surface area contributed by atoms with Crippen molar-refractivity contribution < 1.29 is 9.90 Å². The van der Waals surface area contributed by atoms with Crippen LogP contribution in [0.5, 0.6) is 0 Å². The summed E-state index contributed by atoms with van der Waals surface area (Å²) >= 11 is 1.11. The summed E-state index contributed by atoms with van der Waals surface area (Å²) in [5, 5.41) is 15.3. The molecular weight excluding hydrogens is 278 g/mol. The highest BCUT2D eigenvalue weighted by Crippen LogP contribution is 2.33. The zero-order chi connectivity index (χ0) is 14.1. The van der Waals surface area contributed by atoms with Crippen LogP contribution in [-0.2, 0) is 0 Å². The summed E-state index contributed by atoms with van der Waals surface area (Å²) in [4.78, 5) is 26.1. The van der Waals surface area contributed by atoms with Gasteiger partial charge in [-0.1, -0.05) is 0 Å². The van der Waals surface area contributed by atoms with Gasteiger partial charge in [-0.3, -0.25) is 4.79 Å². The lowest BCUT2D eigenvalue weighted by atomic mass is 10.2. The van der Waals surface area contributed by atoms with Crippen molar-refractivity contribution in [2.45, 2.75) is 12.8 Å². The minimum absolute atomic E-state index is 0.226. The van der Waals surface area contributed by atoms with Crippen LogP contribution in [0, 0.1) is 0 Å². The number of thiophene rings is 1. The van der Waals surface area contributed by atoms with Crippen molar-refractivity contribution in [3.63, 3.8) is 0 Å². The predicted octanol–water partition coefficient (Wildman–Crippen LogP) is 1.80. The molecule has 1 fully saturated rings. The highest BCUT2D eigenvalue weighted by Gasteiger charge is 2.21. The summed E-state index contributed by atoms with van der Waals surface area (Å²) in [7, 11) is 0. The Hall–Kier alpha value is -2.15. The molecule has 3 heterocycles. The summed E-state index contributed by atoms with van der Waals surface area (Å²) in [6.07, 6.45) is 3.83. The Kier molecular flexibility index (Phi) is 3.27. The third-order valence-corrected chi connectivity index (χ3v) is 4.44. The molecule has 3 rings (SSSR count). The maximum Gasteiger partial charge on any atom is 0.345 e. The number of nitrogens with zero attached hydrogens (tertiary/aromatic N) is 2. The van der Waals surface area contributed by atoms with E-state index in [0.717, 1.165) is 43.0 Å². The van der Waals surface area contributed by atoms with Gasteiger partial charge in [-0.15, -0.1) is 11.3 Å². The van der Waals surface area contributed by atoms with Crippen molar-refractivity contribution in [3.8, 4) is 10.4 Å². The third kappa shape index (κ3) is 2.20. The summed E-state index contributed by atoms with van der Waals surface area (Å²) in [6, 6.07) is 3.20. The molecule has 2 N–H and O–H groups in total. The molecule has 0 unspecified atom stereocenters. The van der Waals surface area contributed by atoms with Gasteiger partial charge in [-0.25, -0.2) is 9.89 Å². The van der Waals surface area contributed by atoms with E-state index in [1.54, 1.807) is 12.3 Å². The second kappa shape index (κ2) is 5.09. The molecular formula is C13H13N3O3S. The number of aromatic nitrogens is 2. The highest BCUT2D eigenvalue weighted by molar-refractivity contribution is 7.17. The Balaban J connectivity index is 2.11. The fourth-order valence-electron chi connectivity index (χ4n) is 2.41. The summed E-state index contributed by atoms with van der Waals surface area (Å²) < 4.78 is 0. The fraction of sp³-hybridized carbons (Fsp3) is 0.308. The van der Waals surface area contributed by atoms with E-state index in [4.69, 9.17) is 5.11 Å². The molecule has 2 aromatic rings. The molecule has 1 saturated heterocycles. The van der Waals surface area contributed by atoms with E-state index < -0.39 is 5.97 Å². The Morgan fingerprint density at radius 1 is 1.35 bits per heavy atom. The molecule has 104 valence electrons. The van der Waals surface area contributed by atoms with Gasteiger partial charge in [0.05, 0.1) is 17.4 Å². The molecule has 0 aliphatic carbocycles. The second-order valence-electron chi connectivity index (χ2n) is 4.62. The lowest BCUT2D eigenvalue weighted by Crippen LogP contribution is -2.23. The number of anilines is 1. The first kappa shape index (κ1) is 12.9. The van der Waals surface area contributed by atoms with E-state index in [-0.39, 0.29) is 10.4 Å². The molecule has 0 spiro atoms. The molecule has 7 heteroatoms. The summed E-state index contributed by atoms with van der Waals surface area (Å²) in [5.41, 5.74) is 1.01. The first-order valence-electron chi connectivity index (χ1n) is 6.33. The first-order valence-corrected chi connectivity index (χ1v) is 7.14. The van der Waals surface area contributed by atoms with E-state index in [1.165, 1.54) is 6.07 Å². The monoisotopic (exact) mass is 291 g/mol. The van der Waals surface area contributed by atoms with Crippen LogP contribution < -0.4 is 10.5 Å². The predicted molar refractivity (Wildman–Crippen MR) is 76.6 cm³/mol. The molecule has 0 saturated carbocycles. The number of hydrogen-bond acceptors (Lipinski definition) is 5. The van der Waals surface area contributed by atoms with Crippen LogP contribution in [0.2, 0.25) is 0 Å². The number of carbonyl (C=O) groups is 1. The van der Waals surface area contributed by atoms with Gasteiger partial charge >= 0.3 is 5.97 Å². The number of aromatic amines is 1. The first-order chi connectivity index (χ1) is 9.66. The van der Waals surface area contributed by atoms with Crippen LogP contribution in [0.1, 0.15) is 22.5 Å². The zero-order valence-corrected chi connectivity index (χ0v) is 11.4. The van der Waals surface area contributed by atoms with Crippen LogP contribution in [0.3, 0.4) is 0 Å². The maximum absolute atomic E-state index is 12.1. The molecule has 0 bridgehead atoms. The van der Waals surface area contributed by atoms with E-state index in [1.807, 2.05) is 0 Å². The van der Waals surface area contributed by atoms with Gasteiger partial charge in [0, 0.05) is 18.0 Å². The van der Waals surface area contributed by atoms with Crippen LogP contribution in [0.25, 0.3) is 10.4 Å². The van der Waals surface area contributed by atoms with Crippen molar-refractivity contribution in [3.05, 3.63) is 33.6 Å². The molecule has 20 heavy (non-hydrogen) atoms. The SMILES string of the molecule is O=C(O)c1ccc(-c2c(N3CCCC3)cn[nH]c2=O)s1. The topological polar surface area (TPSA) is 86.3 Å². The van der Waals surface area contributed by atoms with Crippen molar-refractivity contribution >= 4 is 23.0 Å². The van der Waals surface area contributed by atoms with Crippen molar-refractivity contribution in [2.75, 3.05) is 18.0 Å². The van der Waals surface area contributed by atoms with Crippen molar-refractivity contribution in [1.29, 1.82) is 0 Å². The molecule has 0 radical (unpaired) electrons. The molecule has 1 aliphatic rings. The molecule has 6 nitrogen and oxygen atoms in total. The van der Waals surface area contributed by atoms with Crippen LogP contribution in [0.15, 0.2) is 23.1 Å². The van der Waals surface area contributed by atoms with Gasteiger partial charge in [0.15, 0.2) is 0 Å². The number of nitrogens with one attached hydrogen (secondary N) is 1. The van der Waals surface area contributed by atoms with E-state index in [9.17, 15) is 9.59 Å². The van der Waals surface area contributed by atoms with Gasteiger partial charge in [0.1, 0.15) is 4.88 Å². The van der Waals surface area contributed by atoms with Gasteiger partial charge in [-0.05, 0) is 25.0 Å². The minimum atomic E-state index is -0.977. The average Bonchev–Trinajstić information content (AvgIpc) is 3.10. The van der Waals surface area contributed by atoms with E-state index in [2.05, 4.69) is 15.1 Å². The summed E-state index contributed by atoms with van der Waals surface area (Å²) in [5.74, 6) is -0.977. The lowest BCUT2D eigenvalue weighted by molar-refractivity contribution is 0.0702. The third-order valence-electron chi connectivity index (χ3n) is 3.35. The molecule has 2 aromatic heterocycles. The Morgan fingerprint density at radius 3 is 2.75 bits per heavy atom. The Morgan fingerprint density at radius 2 is 2.10 bits per heavy atom. The van der Waals surface area contributed by atoms with Crippen LogP contribution in [-0.4, -0.2) is 34.4 Å². The van der Waals surface area contributed by atoms with E-state index in [0.29, 0.717) is 10.4 Å². The van der Waals surface area contributed by atoms with Gasteiger partial charge in [0.25, 0.3) is 5.56 Å². The number of rotatable bonds is 3. The van der Waals surface area contributed by atoms with E-state index >= 15 is 0 Å². The Bertz CT molecular complexity index is 701. The van der Waals surface area contributed by atoms with Gasteiger partial charge in [-0.2, -0.15) is 5.10 Å². The number of H-pyrrole nitrogens is 1. The zero-order valence-electron chi connectivity index (χ0n) is 10.6. The molecule has 0 atom stereocenters. The minimum Gasteiger partial charge on any atom is -0.477 e. The van der Waals surface area contributed by atoms with Crippen LogP contribution in [0.4, 0.5) is 5.69 Å². The standard InChI is InChI=1S/C13H13N3O3S/c17-12-11(9-3-4-10(20-9)13(18)19)8(7-14-15-12)16-5-1-2-6-16/h3-4,7H,1-2,5-6H2,(H,15,17)(H,18,19). The largest absolute Gasteiger partial charge is 0.477 e. The smallest absolute Gasteiger partial charge is 0.345 e. The Labute approximate surface area is 118 Å². The molecule has 0 aromatic carbocycles. The van der Waals surface area contributed by atoms with Gasteiger partial charge in [0.2, 0.25) is 0 Å². The maximum atomic E-state index is 12.1. The van der Waals surface area contributed by atoms with Crippen molar-refractivity contribution in [1.82, 2.24) is 10.2 Å². The molecule has 1 aliphatic heterocycles. The number of carboxylic acids is 1. The van der Waals surface area contributed by atoms with Crippen LogP contribution >= 0.6 is 11.3 Å². The highest BCUT2D eigenvalue weighted by atomic mass is 32.1. The van der Waals surface area contributed by atoms with Gasteiger partial charge < -0.3 is 10.0 Å². The van der Waals surface area contributed by atoms with Crippen molar-refractivity contribution in [2.24, 2.45) is 0 Å². The lowest BCUT2D eigenvalue weighted by Gasteiger charge is -2.19. The number of hydrogen-bond donors (Lipinski definition) is 2. The molecule has 0 amide bonds. The summed E-state index contributed by atoms with van der Waals surface area (Å²) in [6.45, 7) is 1.80.